The molecule has 3 saturated heterocycles. The fourth-order valence-electron chi connectivity index (χ4n) is 3.89. The lowest BCUT2D eigenvalue weighted by atomic mass is 9.97. The number of aliphatic hydroxyl groups excluding tert-OH is 10. The molecule has 3 aliphatic rings. The van der Waals surface area contributed by atoms with Crippen molar-refractivity contribution in [3.05, 3.63) is 0 Å². The van der Waals surface area contributed by atoms with Crippen LogP contribution in [-0.4, -0.2) is 156 Å². The molecule has 0 aliphatic carbocycles. The van der Waals surface area contributed by atoms with E-state index in [0.29, 0.717) is 0 Å². The lowest BCUT2D eigenvalue weighted by molar-refractivity contribution is -0.362. The summed E-state index contributed by atoms with van der Waals surface area (Å²) in [5.41, 5.74) is 0. The minimum Gasteiger partial charge on any atom is -0.394 e. The molecule has 3 aliphatic heterocycles. The van der Waals surface area contributed by atoms with Gasteiger partial charge in [-0.05, 0) is 6.92 Å². The second kappa shape index (κ2) is 11.0. The van der Waals surface area contributed by atoms with Gasteiger partial charge in [-0.15, -0.1) is 0 Å². The largest absolute Gasteiger partial charge is 0.394 e. The number of ether oxygens (including phenoxy) is 5. The molecule has 15 heteroatoms. The lowest BCUT2D eigenvalue weighted by Gasteiger charge is -2.46. The van der Waals surface area contributed by atoms with Gasteiger partial charge in [-0.2, -0.15) is 0 Å². The van der Waals surface area contributed by atoms with E-state index in [1.807, 2.05) is 0 Å². The van der Waals surface area contributed by atoms with Crippen LogP contribution in [0.15, 0.2) is 0 Å². The third kappa shape index (κ3) is 5.48. The van der Waals surface area contributed by atoms with Gasteiger partial charge in [-0.25, -0.2) is 0 Å². The van der Waals surface area contributed by atoms with Gasteiger partial charge in [-0.1, -0.05) is 0 Å². The molecule has 33 heavy (non-hydrogen) atoms. The average molecular weight is 488 g/mol. The molecule has 0 bridgehead atoms. The minimum absolute atomic E-state index is 0.560. The van der Waals surface area contributed by atoms with Crippen molar-refractivity contribution >= 4 is 0 Å². The maximum atomic E-state index is 10.6. The van der Waals surface area contributed by atoms with E-state index in [1.165, 1.54) is 6.92 Å². The van der Waals surface area contributed by atoms with Crippen LogP contribution in [0.1, 0.15) is 6.92 Å². The quantitative estimate of drug-likeness (QED) is 0.167. The van der Waals surface area contributed by atoms with E-state index in [2.05, 4.69) is 0 Å². The first-order valence-electron chi connectivity index (χ1n) is 10.4. The molecular formula is C18H32O15. The van der Waals surface area contributed by atoms with Gasteiger partial charge in [-0.3, -0.25) is 0 Å². The third-order valence-corrected chi connectivity index (χ3v) is 6.03. The maximum Gasteiger partial charge on any atom is 0.187 e. The average Bonchev–Trinajstić information content (AvgIpc) is 2.79. The molecular weight excluding hydrogens is 456 g/mol. The summed E-state index contributed by atoms with van der Waals surface area (Å²) in [6.07, 6.45) is -23.4. The van der Waals surface area contributed by atoms with Crippen molar-refractivity contribution in [3.8, 4) is 0 Å². The van der Waals surface area contributed by atoms with Crippen molar-refractivity contribution in [3.63, 3.8) is 0 Å². The fourth-order valence-corrected chi connectivity index (χ4v) is 3.89. The minimum atomic E-state index is -1.81. The summed E-state index contributed by atoms with van der Waals surface area (Å²) in [4.78, 5) is 0. The molecule has 0 aromatic heterocycles. The fraction of sp³-hybridized carbons (Fsp3) is 1.00. The molecule has 0 amide bonds. The molecule has 0 saturated carbocycles. The number of rotatable bonds is 6. The summed E-state index contributed by atoms with van der Waals surface area (Å²) in [5.74, 6) is 0. The first kappa shape index (κ1) is 27.0. The monoisotopic (exact) mass is 488 g/mol. The summed E-state index contributed by atoms with van der Waals surface area (Å²) < 4.78 is 26.4. The van der Waals surface area contributed by atoms with Gasteiger partial charge in [0.1, 0.15) is 67.1 Å². The van der Waals surface area contributed by atoms with Gasteiger partial charge in [0.2, 0.25) is 0 Å². The predicted molar refractivity (Wildman–Crippen MR) is 99.8 cm³/mol. The van der Waals surface area contributed by atoms with Gasteiger partial charge in [0.15, 0.2) is 18.9 Å². The van der Waals surface area contributed by atoms with Crippen molar-refractivity contribution in [1.29, 1.82) is 0 Å². The van der Waals surface area contributed by atoms with Gasteiger partial charge in [0.25, 0.3) is 0 Å². The summed E-state index contributed by atoms with van der Waals surface area (Å²) in [6.45, 7) is 0.117. The Morgan fingerprint density at radius 3 is 1.88 bits per heavy atom. The van der Waals surface area contributed by atoms with Crippen LogP contribution in [0.3, 0.4) is 0 Å². The molecule has 10 N–H and O–H groups in total. The van der Waals surface area contributed by atoms with Gasteiger partial charge in [0.05, 0.1) is 19.3 Å². The van der Waals surface area contributed by atoms with Crippen LogP contribution in [0.5, 0.6) is 0 Å². The Balaban J connectivity index is 1.67. The molecule has 3 fully saturated rings. The highest BCUT2D eigenvalue weighted by Gasteiger charge is 2.51. The molecule has 0 aromatic rings. The van der Waals surface area contributed by atoms with Crippen LogP contribution in [0.25, 0.3) is 0 Å². The van der Waals surface area contributed by atoms with Crippen molar-refractivity contribution in [2.45, 2.75) is 99.0 Å². The Morgan fingerprint density at radius 2 is 1.24 bits per heavy atom. The Hall–Kier alpha value is -0.600. The summed E-state index contributed by atoms with van der Waals surface area (Å²) in [7, 11) is 0. The Morgan fingerprint density at radius 1 is 0.606 bits per heavy atom. The van der Waals surface area contributed by atoms with E-state index in [-0.39, 0.29) is 0 Å². The molecule has 194 valence electrons. The zero-order chi connectivity index (χ0) is 24.6. The van der Waals surface area contributed by atoms with E-state index in [9.17, 15) is 51.1 Å². The van der Waals surface area contributed by atoms with Crippen molar-refractivity contribution in [2.75, 3.05) is 13.2 Å². The van der Waals surface area contributed by atoms with E-state index >= 15 is 0 Å². The molecule has 0 spiro atoms. The van der Waals surface area contributed by atoms with E-state index in [1.54, 1.807) is 0 Å². The smallest absolute Gasteiger partial charge is 0.187 e. The zero-order valence-electron chi connectivity index (χ0n) is 17.6. The van der Waals surface area contributed by atoms with Gasteiger partial charge >= 0.3 is 0 Å². The van der Waals surface area contributed by atoms with E-state index in [4.69, 9.17) is 23.7 Å². The molecule has 15 atom stereocenters. The third-order valence-electron chi connectivity index (χ3n) is 6.03. The topological polar surface area (TPSA) is 248 Å². The summed E-state index contributed by atoms with van der Waals surface area (Å²) in [5, 5.41) is 99.4. The summed E-state index contributed by atoms with van der Waals surface area (Å²) in [6, 6.07) is 0. The molecule has 0 unspecified atom stereocenters. The lowest BCUT2D eigenvalue weighted by Crippen LogP contribution is -2.64. The van der Waals surface area contributed by atoms with Crippen LogP contribution in [0.2, 0.25) is 0 Å². The molecule has 15 nitrogen and oxygen atoms in total. The van der Waals surface area contributed by atoms with Crippen LogP contribution >= 0.6 is 0 Å². The van der Waals surface area contributed by atoms with Crippen molar-refractivity contribution in [1.82, 2.24) is 0 Å². The highest BCUT2D eigenvalue weighted by Crippen LogP contribution is 2.30. The zero-order valence-corrected chi connectivity index (χ0v) is 17.6. The highest BCUT2D eigenvalue weighted by molar-refractivity contribution is 4.94. The number of hydrogen-bond donors (Lipinski definition) is 10. The predicted octanol–water partition coefficient (Wildman–Crippen LogP) is -6.55. The Kier molecular flexibility index (Phi) is 8.99. The normalized spacial score (nSPS) is 53.7. The van der Waals surface area contributed by atoms with Crippen molar-refractivity contribution < 1.29 is 74.7 Å². The molecule has 3 rings (SSSR count). The summed E-state index contributed by atoms with van der Waals surface area (Å²) >= 11 is 0. The molecule has 0 aromatic carbocycles. The van der Waals surface area contributed by atoms with Crippen LogP contribution in [0, 0.1) is 0 Å². The molecule has 0 radical (unpaired) electrons. The first-order chi connectivity index (χ1) is 15.5. The Labute approximate surface area is 187 Å². The van der Waals surface area contributed by atoms with E-state index in [0.717, 1.165) is 0 Å². The number of aliphatic hydroxyl groups is 10. The SMILES string of the molecule is C[C@@H]1O[C@@H](O[C@H]2[C@@H](O)[C@@H](CO)O[C@@H](OC[C@H]3O[C@@H](O)[C@H](O)[C@@H](O)[C@H]3O)[C@@H]2O)[C@@H](O)[C@H](O)[C@@H]1O. The van der Waals surface area contributed by atoms with Gasteiger partial charge in [0, 0.05) is 0 Å². The van der Waals surface area contributed by atoms with Crippen molar-refractivity contribution in [2.24, 2.45) is 0 Å². The number of hydrogen-bond acceptors (Lipinski definition) is 15. The van der Waals surface area contributed by atoms with Crippen LogP contribution < -0.4 is 0 Å². The first-order valence-corrected chi connectivity index (χ1v) is 10.4. The van der Waals surface area contributed by atoms with Gasteiger partial charge < -0.3 is 74.7 Å². The standard InChI is InChI=1S/C18H32O15/c1-4-7(20)10(23)13(26)18(30-4)33-15-9(22)5(2-19)32-17(14(15)27)29-3-6-8(21)11(24)12(25)16(28)31-6/h4-28H,2-3H2,1H3/t4-,5+,6+,7+,8-,9-,10+,11-,12+,13-,14+,15-,16+,17+,18-/m0/s1. The highest BCUT2D eigenvalue weighted by atomic mass is 16.7. The van der Waals surface area contributed by atoms with E-state index < -0.39 is 105 Å². The molecule has 3 heterocycles. The Bertz CT molecular complexity index is 626. The second-order valence-corrected chi connectivity index (χ2v) is 8.36. The second-order valence-electron chi connectivity index (χ2n) is 8.36. The van der Waals surface area contributed by atoms with Crippen LogP contribution in [0.4, 0.5) is 0 Å². The van der Waals surface area contributed by atoms with Crippen LogP contribution in [-0.2, 0) is 23.7 Å². The maximum absolute atomic E-state index is 10.6.